The molecule has 0 saturated heterocycles. The van der Waals surface area contributed by atoms with E-state index < -0.39 is 19.7 Å². The van der Waals surface area contributed by atoms with Gasteiger partial charge in [-0.25, -0.2) is 8.78 Å². The lowest BCUT2D eigenvalue weighted by Crippen LogP contribution is -2.42. The molecule has 0 unspecified atom stereocenters. The van der Waals surface area contributed by atoms with Gasteiger partial charge in [0.05, 0.1) is 13.8 Å². The number of aromatic nitrogens is 1. The standard InChI is InChI=1S/C24H23F2NSi/c1-14-10-15(2)12-16(11-14)23-19-7-6-18-20(17(19)8-9-27-23)13-21(25)24(22(18)26)28(3,4)5/h6-13H,1-5H3. The first-order valence-corrected chi connectivity index (χ1v) is 13.0. The van der Waals surface area contributed by atoms with Crippen molar-refractivity contribution in [3.63, 3.8) is 0 Å². The summed E-state index contributed by atoms with van der Waals surface area (Å²) in [5, 5.41) is 3.07. The highest BCUT2D eigenvalue weighted by atomic mass is 28.3. The monoisotopic (exact) mass is 391 g/mol. The summed E-state index contributed by atoms with van der Waals surface area (Å²) >= 11 is 0. The zero-order valence-corrected chi connectivity index (χ0v) is 17.8. The van der Waals surface area contributed by atoms with Crippen molar-refractivity contribution in [2.75, 3.05) is 0 Å². The molecule has 3 aromatic carbocycles. The van der Waals surface area contributed by atoms with E-state index in [1.165, 1.54) is 6.07 Å². The molecule has 0 radical (unpaired) electrons. The lowest BCUT2D eigenvalue weighted by Gasteiger charge is -2.20. The van der Waals surface area contributed by atoms with Gasteiger partial charge in [0.1, 0.15) is 11.6 Å². The predicted molar refractivity (Wildman–Crippen MR) is 117 cm³/mol. The molecule has 0 fully saturated rings. The minimum absolute atomic E-state index is 0.267. The van der Waals surface area contributed by atoms with Crippen molar-refractivity contribution >= 4 is 34.8 Å². The maximum absolute atomic E-state index is 15.3. The van der Waals surface area contributed by atoms with E-state index in [0.29, 0.717) is 10.8 Å². The van der Waals surface area contributed by atoms with Crippen molar-refractivity contribution in [3.8, 4) is 11.3 Å². The van der Waals surface area contributed by atoms with Gasteiger partial charge in [0, 0.05) is 27.7 Å². The zero-order valence-electron chi connectivity index (χ0n) is 16.8. The van der Waals surface area contributed by atoms with Gasteiger partial charge in [0.2, 0.25) is 0 Å². The van der Waals surface area contributed by atoms with Gasteiger partial charge in [-0.05, 0) is 48.9 Å². The molecule has 0 aliphatic carbocycles. The van der Waals surface area contributed by atoms with Gasteiger partial charge in [-0.2, -0.15) is 0 Å². The lowest BCUT2D eigenvalue weighted by molar-refractivity contribution is 0.605. The fourth-order valence-corrected chi connectivity index (χ4v) is 5.67. The van der Waals surface area contributed by atoms with E-state index in [0.717, 1.165) is 33.2 Å². The number of nitrogens with zero attached hydrogens (tertiary/aromatic N) is 1. The van der Waals surface area contributed by atoms with Gasteiger partial charge < -0.3 is 0 Å². The highest BCUT2D eigenvalue weighted by Gasteiger charge is 2.27. The second-order valence-corrected chi connectivity index (χ2v) is 13.6. The first-order chi connectivity index (χ1) is 13.2. The first-order valence-electron chi connectivity index (χ1n) is 9.45. The molecule has 0 saturated carbocycles. The summed E-state index contributed by atoms with van der Waals surface area (Å²) in [5.74, 6) is -0.859. The Morgan fingerprint density at radius 3 is 2.04 bits per heavy atom. The smallest absolute Gasteiger partial charge is 0.133 e. The Morgan fingerprint density at radius 2 is 1.39 bits per heavy atom. The van der Waals surface area contributed by atoms with Crippen LogP contribution in [0, 0.1) is 25.5 Å². The Bertz CT molecular complexity index is 1220. The minimum atomic E-state index is -2.15. The number of rotatable bonds is 2. The number of aryl methyl sites for hydroxylation is 2. The molecule has 4 heteroatoms. The third kappa shape index (κ3) is 3.02. The van der Waals surface area contributed by atoms with Crippen LogP contribution in [-0.2, 0) is 0 Å². The Hall–Kier alpha value is -2.59. The van der Waals surface area contributed by atoms with Gasteiger partial charge in [0.25, 0.3) is 0 Å². The number of fused-ring (bicyclic) bond motifs is 3. The Kier molecular flexibility index (Phi) is 4.34. The van der Waals surface area contributed by atoms with Crippen LogP contribution in [0.15, 0.2) is 48.7 Å². The molecule has 0 amide bonds. The molecule has 28 heavy (non-hydrogen) atoms. The zero-order chi connectivity index (χ0) is 20.2. The highest BCUT2D eigenvalue weighted by molar-refractivity contribution is 6.89. The van der Waals surface area contributed by atoms with Crippen LogP contribution in [0.2, 0.25) is 19.6 Å². The molecule has 0 spiro atoms. The summed E-state index contributed by atoms with van der Waals surface area (Å²) in [5.41, 5.74) is 4.17. The molecule has 0 N–H and O–H groups in total. The molecular formula is C24H23F2NSi. The average Bonchev–Trinajstić information content (AvgIpc) is 2.59. The Balaban J connectivity index is 2.07. The maximum atomic E-state index is 15.3. The number of hydrogen-bond donors (Lipinski definition) is 0. The quantitative estimate of drug-likeness (QED) is 0.281. The van der Waals surface area contributed by atoms with Gasteiger partial charge in [-0.3, -0.25) is 4.98 Å². The molecule has 0 atom stereocenters. The molecule has 1 heterocycles. The largest absolute Gasteiger partial charge is 0.256 e. The van der Waals surface area contributed by atoms with Crippen LogP contribution < -0.4 is 5.19 Å². The van der Waals surface area contributed by atoms with Crippen molar-refractivity contribution in [1.82, 2.24) is 4.98 Å². The summed E-state index contributed by atoms with van der Waals surface area (Å²) in [6.07, 6.45) is 1.72. The lowest BCUT2D eigenvalue weighted by atomic mass is 9.97. The van der Waals surface area contributed by atoms with Crippen LogP contribution in [0.5, 0.6) is 0 Å². The minimum Gasteiger partial charge on any atom is -0.256 e. The van der Waals surface area contributed by atoms with E-state index in [1.54, 1.807) is 12.3 Å². The number of hydrogen-bond acceptors (Lipinski definition) is 1. The van der Waals surface area contributed by atoms with E-state index in [1.807, 2.05) is 31.8 Å². The van der Waals surface area contributed by atoms with Crippen molar-refractivity contribution in [2.45, 2.75) is 33.5 Å². The average molecular weight is 392 g/mol. The normalized spacial score (nSPS) is 12.1. The van der Waals surface area contributed by atoms with E-state index >= 15 is 4.39 Å². The first kappa shape index (κ1) is 18.8. The Labute approximate surface area is 165 Å². The van der Waals surface area contributed by atoms with Crippen molar-refractivity contribution < 1.29 is 8.78 Å². The summed E-state index contributed by atoms with van der Waals surface area (Å²) in [6.45, 7) is 10.00. The molecule has 1 nitrogen and oxygen atoms in total. The number of halogens is 2. The van der Waals surface area contributed by atoms with Crippen molar-refractivity contribution in [1.29, 1.82) is 0 Å². The summed E-state index contributed by atoms with van der Waals surface area (Å²) in [4.78, 5) is 4.59. The van der Waals surface area contributed by atoms with E-state index in [4.69, 9.17) is 0 Å². The third-order valence-corrected chi connectivity index (χ3v) is 7.16. The molecule has 4 rings (SSSR count). The van der Waals surface area contributed by atoms with Crippen LogP contribution in [0.1, 0.15) is 11.1 Å². The molecule has 0 aliphatic heterocycles. The molecule has 4 aromatic rings. The predicted octanol–water partition coefficient (Wildman–Crippen LogP) is 6.50. The van der Waals surface area contributed by atoms with Gasteiger partial charge in [-0.15, -0.1) is 0 Å². The van der Waals surface area contributed by atoms with Crippen LogP contribution in [0.3, 0.4) is 0 Å². The second kappa shape index (κ2) is 6.49. The highest BCUT2D eigenvalue weighted by Crippen LogP contribution is 2.34. The summed E-state index contributed by atoms with van der Waals surface area (Å²) in [6, 6.07) is 13.3. The van der Waals surface area contributed by atoms with Crippen molar-refractivity contribution in [2.24, 2.45) is 0 Å². The fourth-order valence-electron chi connectivity index (χ4n) is 4.09. The van der Waals surface area contributed by atoms with Crippen LogP contribution in [0.4, 0.5) is 8.78 Å². The Morgan fingerprint density at radius 1 is 0.750 bits per heavy atom. The van der Waals surface area contributed by atoms with Gasteiger partial charge in [-0.1, -0.05) is 49.0 Å². The van der Waals surface area contributed by atoms with Crippen LogP contribution >= 0.6 is 0 Å². The van der Waals surface area contributed by atoms with Crippen molar-refractivity contribution in [3.05, 3.63) is 71.4 Å². The molecule has 142 valence electrons. The van der Waals surface area contributed by atoms with E-state index in [2.05, 4.69) is 37.0 Å². The number of benzene rings is 3. The molecule has 0 aliphatic rings. The van der Waals surface area contributed by atoms with Gasteiger partial charge >= 0.3 is 0 Å². The van der Waals surface area contributed by atoms with Gasteiger partial charge in [0.15, 0.2) is 0 Å². The molecule has 1 aromatic heterocycles. The molecular weight excluding hydrogens is 368 g/mol. The topological polar surface area (TPSA) is 12.9 Å². The van der Waals surface area contributed by atoms with Crippen LogP contribution in [0.25, 0.3) is 32.8 Å². The SMILES string of the molecule is Cc1cc(C)cc(-c2nccc3c2ccc2c(F)c([Si](C)(C)C)c(F)cc23)c1. The number of pyridine rings is 1. The second-order valence-electron chi connectivity index (χ2n) is 8.59. The summed E-state index contributed by atoms with van der Waals surface area (Å²) < 4.78 is 30.2. The fraction of sp³-hybridized carbons (Fsp3) is 0.208. The van der Waals surface area contributed by atoms with E-state index in [9.17, 15) is 4.39 Å². The molecule has 0 bridgehead atoms. The maximum Gasteiger partial charge on any atom is 0.133 e. The van der Waals surface area contributed by atoms with E-state index in [-0.39, 0.29) is 5.19 Å². The van der Waals surface area contributed by atoms with Crippen LogP contribution in [-0.4, -0.2) is 13.1 Å². The summed E-state index contributed by atoms with van der Waals surface area (Å²) in [7, 11) is -2.15. The third-order valence-electron chi connectivity index (χ3n) is 5.20.